The Kier molecular flexibility index (Phi) is 3.66. The van der Waals surface area contributed by atoms with Crippen LogP contribution in [0.3, 0.4) is 0 Å². The third-order valence-corrected chi connectivity index (χ3v) is 4.14. The summed E-state index contributed by atoms with van der Waals surface area (Å²) in [7, 11) is 0. The van der Waals surface area contributed by atoms with Crippen molar-refractivity contribution in [3.05, 3.63) is 52.2 Å². The Morgan fingerprint density at radius 1 is 1.33 bits per heavy atom. The number of rotatable bonds is 4. The molecule has 3 rings (SSSR count). The molecule has 2 heterocycles. The van der Waals surface area contributed by atoms with E-state index >= 15 is 0 Å². The summed E-state index contributed by atoms with van der Waals surface area (Å²) in [5.41, 5.74) is 2.12. The minimum atomic E-state index is -0.345. The number of nitrogens with zero attached hydrogens (tertiary/aromatic N) is 4. The van der Waals surface area contributed by atoms with Crippen molar-refractivity contribution in [3.63, 3.8) is 0 Å². The van der Waals surface area contributed by atoms with Crippen molar-refractivity contribution in [2.24, 2.45) is 0 Å². The molecule has 1 N–H and O–H groups in total. The number of hydrogen-bond acceptors (Lipinski definition) is 5. The third-order valence-electron chi connectivity index (χ3n) is 3.07. The van der Waals surface area contributed by atoms with Gasteiger partial charge in [0, 0.05) is 10.6 Å². The van der Waals surface area contributed by atoms with Crippen molar-refractivity contribution in [3.8, 4) is 5.69 Å². The van der Waals surface area contributed by atoms with Crippen LogP contribution >= 0.6 is 11.3 Å². The van der Waals surface area contributed by atoms with E-state index in [1.807, 2.05) is 19.9 Å². The minimum Gasteiger partial charge on any atom is -0.380 e. The molecule has 0 aliphatic carbocycles. The summed E-state index contributed by atoms with van der Waals surface area (Å²) in [4.78, 5) is 9.35. The van der Waals surface area contributed by atoms with E-state index in [1.165, 1.54) is 23.4 Å². The SMILES string of the molecule is Cc1nc(C)c(CNc2ccc(-n3cncn3)c(F)c2)s1. The van der Waals surface area contributed by atoms with Crippen LogP contribution in [-0.4, -0.2) is 19.7 Å². The van der Waals surface area contributed by atoms with Gasteiger partial charge in [0.25, 0.3) is 0 Å². The van der Waals surface area contributed by atoms with Gasteiger partial charge in [0.05, 0.1) is 17.2 Å². The lowest BCUT2D eigenvalue weighted by molar-refractivity contribution is 0.611. The van der Waals surface area contributed by atoms with Crippen LogP contribution in [0.4, 0.5) is 10.1 Å². The Balaban J connectivity index is 1.75. The zero-order valence-corrected chi connectivity index (χ0v) is 12.5. The highest BCUT2D eigenvalue weighted by molar-refractivity contribution is 7.11. The van der Waals surface area contributed by atoms with Gasteiger partial charge >= 0.3 is 0 Å². The fourth-order valence-corrected chi connectivity index (χ4v) is 2.93. The lowest BCUT2D eigenvalue weighted by Gasteiger charge is -2.08. The van der Waals surface area contributed by atoms with Gasteiger partial charge in [-0.3, -0.25) is 0 Å². The molecule has 1 aromatic carbocycles. The molecule has 0 fully saturated rings. The van der Waals surface area contributed by atoms with Crippen LogP contribution in [0.15, 0.2) is 30.9 Å². The highest BCUT2D eigenvalue weighted by Gasteiger charge is 2.08. The first-order valence-electron chi connectivity index (χ1n) is 6.45. The van der Waals surface area contributed by atoms with Crippen molar-refractivity contribution in [2.75, 3.05) is 5.32 Å². The number of aromatic nitrogens is 4. The van der Waals surface area contributed by atoms with E-state index in [1.54, 1.807) is 17.4 Å². The Morgan fingerprint density at radius 3 is 2.81 bits per heavy atom. The lowest BCUT2D eigenvalue weighted by atomic mass is 10.2. The molecule has 5 nitrogen and oxygen atoms in total. The van der Waals surface area contributed by atoms with Gasteiger partial charge in [0.1, 0.15) is 18.3 Å². The van der Waals surface area contributed by atoms with Gasteiger partial charge < -0.3 is 5.32 Å². The predicted octanol–water partition coefficient (Wildman–Crippen LogP) is 3.09. The van der Waals surface area contributed by atoms with Gasteiger partial charge in [0.15, 0.2) is 5.82 Å². The molecule has 0 radical (unpaired) electrons. The maximum atomic E-state index is 14.1. The number of nitrogens with one attached hydrogen (secondary N) is 1. The van der Waals surface area contributed by atoms with Crippen molar-refractivity contribution in [1.29, 1.82) is 0 Å². The fourth-order valence-electron chi connectivity index (χ4n) is 2.06. The Hall–Kier alpha value is -2.28. The van der Waals surface area contributed by atoms with E-state index in [0.717, 1.165) is 21.3 Å². The topological polar surface area (TPSA) is 55.6 Å². The quantitative estimate of drug-likeness (QED) is 0.804. The van der Waals surface area contributed by atoms with Crippen LogP contribution in [0.1, 0.15) is 15.6 Å². The van der Waals surface area contributed by atoms with E-state index in [9.17, 15) is 4.39 Å². The molecule has 0 unspecified atom stereocenters. The number of hydrogen-bond donors (Lipinski definition) is 1. The fraction of sp³-hybridized carbons (Fsp3) is 0.214. The zero-order valence-electron chi connectivity index (χ0n) is 11.7. The molecule has 0 bridgehead atoms. The van der Waals surface area contributed by atoms with Gasteiger partial charge in [-0.15, -0.1) is 11.3 Å². The monoisotopic (exact) mass is 303 g/mol. The van der Waals surface area contributed by atoms with E-state index in [-0.39, 0.29) is 5.82 Å². The summed E-state index contributed by atoms with van der Waals surface area (Å²) in [6, 6.07) is 4.96. The minimum absolute atomic E-state index is 0.345. The molecule has 0 saturated heterocycles. The molecule has 21 heavy (non-hydrogen) atoms. The van der Waals surface area contributed by atoms with Crippen LogP contribution in [0.5, 0.6) is 0 Å². The molecule has 3 aromatic rings. The van der Waals surface area contributed by atoms with Gasteiger partial charge in [0.2, 0.25) is 0 Å². The molecule has 2 aromatic heterocycles. The molecule has 108 valence electrons. The summed E-state index contributed by atoms with van der Waals surface area (Å²) in [5, 5.41) is 8.18. The summed E-state index contributed by atoms with van der Waals surface area (Å²) in [6.07, 6.45) is 2.84. The molecule has 0 aliphatic rings. The van der Waals surface area contributed by atoms with Crippen molar-refractivity contribution in [2.45, 2.75) is 20.4 Å². The third kappa shape index (κ3) is 2.92. The molecule has 0 spiro atoms. The number of benzene rings is 1. The van der Waals surface area contributed by atoms with E-state index in [0.29, 0.717) is 12.2 Å². The zero-order chi connectivity index (χ0) is 14.8. The Bertz CT molecular complexity index is 751. The first kappa shape index (κ1) is 13.7. The number of thiazole rings is 1. The first-order valence-corrected chi connectivity index (χ1v) is 7.26. The summed E-state index contributed by atoms with van der Waals surface area (Å²) in [6.45, 7) is 4.60. The van der Waals surface area contributed by atoms with Crippen molar-refractivity contribution in [1.82, 2.24) is 19.7 Å². The summed E-state index contributed by atoms with van der Waals surface area (Å²) >= 11 is 1.65. The highest BCUT2D eigenvalue weighted by atomic mass is 32.1. The Morgan fingerprint density at radius 2 is 2.19 bits per heavy atom. The Labute approximate surface area is 125 Å². The molecular formula is C14H14FN5S. The van der Waals surface area contributed by atoms with E-state index in [2.05, 4.69) is 20.4 Å². The molecule has 0 amide bonds. The van der Waals surface area contributed by atoms with Crippen LogP contribution in [-0.2, 0) is 6.54 Å². The lowest BCUT2D eigenvalue weighted by Crippen LogP contribution is -2.02. The second kappa shape index (κ2) is 5.61. The number of anilines is 1. The highest BCUT2D eigenvalue weighted by Crippen LogP contribution is 2.21. The molecule has 0 saturated carbocycles. The second-order valence-corrected chi connectivity index (χ2v) is 5.89. The van der Waals surface area contributed by atoms with Gasteiger partial charge in [-0.25, -0.2) is 19.0 Å². The maximum absolute atomic E-state index is 14.1. The smallest absolute Gasteiger partial charge is 0.150 e. The normalized spacial score (nSPS) is 10.8. The first-order chi connectivity index (χ1) is 10.1. The second-order valence-electron chi connectivity index (χ2n) is 4.60. The number of halogens is 1. The molecule has 0 atom stereocenters. The largest absolute Gasteiger partial charge is 0.380 e. The van der Waals surface area contributed by atoms with Gasteiger partial charge in [-0.1, -0.05) is 0 Å². The van der Waals surface area contributed by atoms with Crippen LogP contribution in [0, 0.1) is 19.7 Å². The van der Waals surface area contributed by atoms with Crippen LogP contribution < -0.4 is 5.32 Å². The molecule has 0 aliphatic heterocycles. The van der Waals surface area contributed by atoms with Crippen LogP contribution in [0.25, 0.3) is 5.69 Å². The standard InChI is InChI=1S/C14H14FN5S/c1-9-14(21-10(2)19-9)6-17-11-3-4-13(12(15)5-11)20-8-16-7-18-20/h3-5,7-8,17H,6H2,1-2H3. The predicted molar refractivity (Wildman–Crippen MR) is 80.2 cm³/mol. The average molecular weight is 303 g/mol. The van der Waals surface area contributed by atoms with Crippen LogP contribution in [0.2, 0.25) is 0 Å². The van der Waals surface area contributed by atoms with Gasteiger partial charge in [-0.2, -0.15) is 5.10 Å². The molecule has 7 heteroatoms. The van der Waals surface area contributed by atoms with E-state index in [4.69, 9.17) is 0 Å². The van der Waals surface area contributed by atoms with Crippen molar-refractivity contribution >= 4 is 17.0 Å². The summed E-state index contributed by atoms with van der Waals surface area (Å²) < 4.78 is 15.5. The van der Waals surface area contributed by atoms with E-state index < -0.39 is 0 Å². The molecular weight excluding hydrogens is 289 g/mol. The summed E-state index contributed by atoms with van der Waals surface area (Å²) in [5.74, 6) is -0.345. The maximum Gasteiger partial charge on any atom is 0.150 e. The number of aryl methyl sites for hydroxylation is 2. The van der Waals surface area contributed by atoms with Crippen molar-refractivity contribution < 1.29 is 4.39 Å². The van der Waals surface area contributed by atoms with Gasteiger partial charge in [-0.05, 0) is 32.0 Å². The average Bonchev–Trinajstić information content (AvgIpc) is 3.06.